The Bertz CT molecular complexity index is 791. The van der Waals surface area contributed by atoms with Crippen molar-refractivity contribution in [1.82, 2.24) is 10.2 Å². The summed E-state index contributed by atoms with van der Waals surface area (Å²) in [6.45, 7) is 0. The first-order valence-electron chi connectivity index (χ1n) is 8.05. The van der Waals surface area contributed by atoms with Gasteiger partial charge in [-0.15, -0.1) is 10.2 Å². The third-order valence-corrected chi connectivity index (χ3v) is 4.59. The highest BCUT2D eigenvalue weighted by atomic mass is 16.4. The van der Waals surface area contributed by atoms with Crippen molar-refractivity contribution in [2.24, 2.45) is 21.5 Å². The summed E-state index contributed by atoms with van der Waals surface area (Å²) < 4.78 is 5.39. The largest absolute Gasteiger partial charge is 0.423 e. The van der Waals surface area contributed by atoms with Gasteiger partial charge < -0.3 is 15.9 Å². The second-order valence-electron chi connectivity index (χ2n) is 6.08. The number of anilines is 1. The molecule has 1 spiro atoms. The minimum Gasteiger partial charge on any atom is -0.423 e. The molecule has 1 aliphatic carbocycles. The average molecular weight is 325 g/mol. The van der Waals surface area contributed by atoms with E-state index in [1.165, 1.54) is 12.8 Å². The van der Waals surface area contributed by atoms with Gasteiger partial charge in [0.2, 0.25) is 24.2 Å². The maximum absolute atomic E-state index is 6.28. The molecular formula is C16H19N7O. The van der Waals surface area contributed by atoms with Gasteiger partial charge in [0.05, 0.1) is 11.3 Å². The molecule has 0 atom stereocenters. The van der Waals surface area contributed by atoms with Crippen molar-refractivity contribution in [3.8, 4) is 11.5 Å². The molecule has 8 nitrogen and oxygen atoms in total. The summed E-state index contributed by atoms with van der Waals surface area (Å²) in [6.07, 6.45) is 6.40. The Labute approximate surface area is 139 Å². The number of aromatic nitrogens is 2. The van der Waals surface area contributed by atoms with Gasteiger partial charge >= 0.3 is 0 Å². The Morgan fingerprint density at radius 2 is 1.88 bits per heavy atom. The van der Waals surface area contributed by atoms with E-state index in [1.807, 2.05) is 29.2 Å². The lowest BCUT2D eigenvalue weighted by Crippen LogP contribution is -2.58. The second kappa shape index (κ2) is 5.63. The number of hydrogen-bond acceptors (Lipinski definition) is 8. The molecule has 2 heterocycles. The van der Waals surface area contributed by atoms with Gasteiger partial charge in [0.25, 0.3) is 0 Å². The van der Waals surface area contributed by atoms with E-state index in [-0.39, 0.29) is 5.96 Å². The summed E-state index contributed by atoms with van der Waals surface area (Å²) in [4.78, 5) is 10.9. The minimum absolute atomic E-state index is 0.237. The maximum atomic E-state index is 6.28. The molecule has 2 aromatic rings. The van der Waals surface area contributed by atoms with Crippen molar-refractivity contribution in [1.29, 1.82) is 0 Å². The molecule has 0 saturated heterocycles. The van der Waals surface area contributed by atoms with E-state index in [0.717, 1.165) is 36.9 Å². The van der Waals surface area contributed by atoms with Gasteiger partial charge in [-0.2, -0.15) is 4.99 Å². The summed E-state index contributed by atoms with van der Waals surface area (Å²) in [6, 6.07) is 7.76. The van der Waals surface area contributed by atoms with Crippen molar-refractivity contribution >= 4 is 17.6 Å². The molecular weight excluding hydrogens is 306 g/mol. The van der Waals surface area contributed by atoms with Crippen molar-refractivity contribution < 1.29 is 4.42 Å². The van der Waals surface area contributed by atoms with E-state index in [0.29, 0.717) is 11.9 Å². The molecule has 1 aliphatic heterocycles. The molecule has 1 saturated carbocycles. The second-order valence-corrected chi connectivity index (χ2v) is 6.08. The molecule has 1 aromatic carbocycles. The number of hydrogen-bond donors (Lipinski definition) is 2. The Kier molecular flexibility index (Phi) is 3.44. The number of nitrogens with two attached hydrogens (primary N) is 2. The van der Waals surface area contributed by atoms with E-state index in [2.05, 4.69) is 15.2 Å². The Balaban J connectivity index is 1.87. The zero-order valence-corrected chi connectivity index (χ0v) is 13.2. The molecule has 0 radical (unpaired) electrons. The van der Waals surface area contributed by atoms with Crippen LogP contribution in [0.3, 0.4) is 0 Å². The van der Waals surface area contributed by atoms with Crippen LogP contribution in [0, 0.1) is 0 Å². The van der Waals surface area contributed by atoms with E-state index in [1.54, 1.807) is 0 Å². The Hall–Kier alpha value is -2.90. The molecule has 24 heavy (non-hydrogen) atoms. The first kappa shape index (κ1) is 14.7. The zero-order chi connectivity index (χ0) is 16.6. The molecule has 124 valence electrons. The van der Waals surface area contributed by atoms with E-state index < -0.39 is 5.66 Å². The van der Waals surface area contributed by atoms with Gasteiger partial charge in [0.1, 0.15) is 5.66 Å². The van der Waals surface area contributed by atoms with Gasteiger partial charge in [-0.1, -0.05) is 18.6 Å². The van der Waals surface area contributed by atoms with Crippen LogP contribution in [-0.2, 0) is 0 Å². The number of rotatable bonds is 2. The van der Waals surface area contributed by atoms with E-state index >= 15 is 0 Å². The third-order valence-electron chi connectivity index (χ3n) is 4.59. The zero-order valence-electron chi connectivity index (χ0n) is 13.2. The smallest absolute Gasteiger partial charge is 0.249 e. The molecule has 0 unspecified atom stereocenters. The van der Waals surface area contributed by atoms with Crippen LogP contribution in [0.25, 0.3) is 11.5 Å². The standard InChI is InChI=1S/C16H19N7O/c17-14-20-15(18)23(16(21-14)8-4-1-5-9-16)12-7-3-2-6-11(12)13-22-19-10-24-13/h2-3,6-7,10H,1,4-5,8-9H2,(H4,17,18,20,21). The summed E-state index contributed by atoms with van der Waals surface area (Å²) in [5.41, 5.74) is 13.3. The van der Waals surface area contributed by atoms with Crippen LogP contribution >= 0.6 is 0 Å². The average Bonchev–Trinajstić information content (AvgIpc) is 3.09. The molecule has 1 fully saturated rings. The van der Waals surface area contributed by atoms with Crippen LogP contribution in [0.4, 0.5) is 5.69 Å². The number of benzene rings is 1. The Morgan fingerprint density at radius 1 is 1.08 bits per heavy atom. The van der Waals surface area contributed by atoms with Crippen molar-refractivity contribution in [3.05, 3.63) is 30.7 Å². The first-order valence-corrected chi connectivity index (χ1v) is 8.05. The SMILES string of the molecule is NC1=NC2(CCCCC2)N(c2ccccc2-c2nnco2)C(N)=N1. The molecule has 2 aliphatic rings. The van der Waals surface area contributed by atoms with Crippen LogP contribution in [-0.4, -0.2) is 27.8 Å². The van der Waals surface area contributed by atoms with Crippen molar-refractivity contribution in [3.63, 3.8) is 0 Å². The summed E-state index contributed by atoms with van der Waals surface area (Å²) in [5.74, 6) is 1.02. The fraction of sp³-hybridized carbons (Fsp3) is 0.375. The predicted octanol–water partition coefficient (Wildman–Crippen LogP) is 1.85. The quantitative estimate of drug-likeness (QED) is 0.869. The summed E-state index contributed by atoms with van der Waals surface area (Å²) >= 11 is 0. The minimum atomic E-state index is -0.496. The van der Waals surface area contributed by atoms with Gasteiger partial charge in [-0.25, -0.2) is 4.99 Å². The molecule has 8 heteroatoms. The first-order chi connectivity index (χ1) is 11.7. The Morgan fingerprint density at radius 3 is 2.62 bits per heavy atom. The van der Waals surface area contributed by atoms with Crippen LogP contribution in [0.5, 0.6) is 0 Å². The predicted molar refractivity (Wildman–Crippen MR) is 91.3 cm³/mol. The normalized spacial score (nSPS) is 19.9. The third kappa shape index (κ3) is 2.31. The van der Waals surface area contributed by atoms with E-state index in [9.17, 15) is 0 Å². The van der Waals surface area contributed by atoms with Gasteiger partial charge in [-0.3, -0.25) is 4.90 Å². The number of nitrogens with zero attached hydrogens (tertiary/aromatic N) is 5. The lowest BCUT2D eigenvalue weighted by Gasteiger charge is -2.46. The molecule has 0 bridgehead atoms. The van der Waals surface area contributed by atoms with Crippen LogP contribution in [0.2, 0.25) is 0 Å². The summed E-state index contributed by atoms with van der Waals surface area (Å²) in [7, 11) is 0. The van der Waals surface area contributed by atoms with Crippen LogP contribution in [0.15, 0.2) is 45.1 Å². The van der Waals surface area contributed by atoms with Crippen molar-refractivity contribution in [2.45, 2.75) is 37.8 Å². The van der Waals surface area contributed by atoms with Gasteiger partial charge in [0, 0.05) is 0 Å². The highest BCUT2D eigenvalue weighted by Crippen LogP contribution is 2.42. The lowest BCUT2D eigenvalue weighted by atomic mass is 9.87. The van der Waals surface area contributed by atoms with Gasteiger partial charge in [-0.05, 0) is 37.8 Å². The number of guanidine groups is 2. The maximum Gasteiger partial charge on any atom is 0.249 e. The van der Waals surface area contributed by atoms with Crippen molar-refractivity contribution in [2.75, 3.05) is 4.90 Å². The number of para-hydroxylation sites is 1. The summed E-state index contributed by atoms with van der Waals surface area (Å²) in [5, 5.41) is 7.81. The monoisotopic (exact) mass is 325 g/mol. The molecule has 0 amide bonds. The molecule has 4 rings (SSSR count). The van der Waals surface area contributed by atoms with Crippen LogP contribution in [0.1, 0.15) is 32.1 Å². The topological polar surface area (TPSA) is 119 Å². The lowest BCUT2D eigenvalue weighted by molar-refractivity contribution is 0.305. The van der Waals surface area contributed by atoms with E-state index in [4.69, 9.17) is 20.9 Å². The fourth-order valence-corrected chi connectivity index (χ4v) is 3.61. The fourth-order valence-electron chi connectivity index (χ4n) is 3.61. The highest BCUT2D eigenvalue weighted by molar-refractivity contribution is 6.07. The van der Waals surface area contributed by atoms with Crippen LogP contribution < -0.4 is 16.4 Å². The number of aliphatic imine (C=N–C) groups is 2. The highest BCUT2D eigenvalue weighted by Gasteiger charge is 2.43. The molecule has 4 N–H and O–H groups in total. The molecule has 1 aromatic heterocycles. The van der Waals surface area contributed by atoms with Gasteiger partial charge in [0.15, 0.2) is 0 Å².